The first kappa shape index (κ1) is 17.3. The Kier molecular flexibility index (Phi) is 6.02. The van der Waals surface area contributed by atoms with Crippen LogP contribution in [0.2, 0.25) is 0 Å². The lowest BCUT2D eigenvalue weighted by molar-refractivity contribution is -0.144. The minimum absolute atomic E-state index is 0.165. The van der Waals surface area contributed by atoms with E-state index in [9.17, 15) is 14.7 Å². The van der Waals surface area contributed by atoms with Crippen LogP contribution < -0.4 is 0 Å². The summed E-state index contributed by atoms with van der Waals surface area (Å²) in [5.74, 6) is -0.0598. The van der Waals surface area contributed by atoms with Crippen LogP contribution in [0.5, 0.6) is 0 Å². The van der Waals surface area contributed by atoms with Gasteiger partial charge in [-0.3, -0.25) is 4.90 Å². The van der Waals surface area contributed by atoms with E-state index in [0.717, 1.165) is 18.4 Å². The molecular weight excluding hydrogens is 294 g/mol. The molecule has 1 aromatic rings. The van der Waals surface area contributed by atoms with E-state index < -0.39 is 18.1 Å². The number of ether oxygens (including phenoxy) is 1. The molecule has 1 saturated heterocycles. The number of nitrogens with zero attached hydrogens (tertiary/aromatic N) is 1. The number of carbonyl (C=O) groups is 2. The van der Waals surface area contributed by atoms with Gasteiger partial charge in [-0.1, -0.05) is 44.2 Å². The Morgan fingerprint density at radius 3 is 2.61 bits per heavy atom. The molecule has 0 unspecified atom stereocenters. The van der Waals surface area contributed by atoms with E-state index in [0.29, 0.717) is 24.8 Å². The molecular formula is C18H25NO4. The Balaban J connectivity index is 1.94. The van der Waals surface area contributed by atoms with Crippen molar-refractivity contribution in [2.75, 3.05) is 6.54 Å². The second-order valence-corrected chi connectivity index (χ2v) is 6.61. The molecule has 0 aromatic heterocycles. The Hall–Kier alpha value is -2.04. The summed E-state index contributed by atoms with van der Waals surface area (Å²) in [5, 5.41) is 9.45. The summed E-state index contributed by atoms with van der Waals surface area (Å²) in [7, 11) is 0. The average molecular weight is 319 g/mol. The van der Waals surface area contributed by atoms with E-state index in [4.69, 9.17) is 4.74 Å². The van der Waals surface area contributed by atoms with Crippen molar-refractivity contribution >= 4 is 12.1 Å². The zero-order valence-corrected chi connectivity index (χ0v) is 13.8. The first-order chi connectivity index (χ1) is 11.0. The van der Waals surface area contributed by atoms with E-state index in [2.05, 4.69) is 13.8 Å². The summed E-state index contributed by atoms with van der Waals surface area (Å²) in [4.78, 5) is 25.1. The second kappa shape index (κ2) is 7.99. The first-order valence-corrected chi connectivity index (χ1v) is 8.17. The molecule has 1 aromatic carbocycles. The molecule has 23 heavy (non-hydrogen) atoms. The maximum atomic E-state index is 12.3. The molecule has 126 valence electrons. The number of amides is 1. The van der Waals surface area contributed by atoms with Gasteiger partial charge in [-0.15, -0.1) is 0 Å². The van der Waals surface area contributed by atoms with Gasteiger partial charge >= 0.3 is 12.1 Å². The Morgan fingerprint density at radius 2 is 2.00 bits per heavy atom. The summed E-state index contributed by atoms with van der Waals surface area (Å²) in [6, 6.07) is 8.61. The highest BCUT2D eigenvalue weighted by Gasteiger charge is 2.37. The largest absolute Gasteiger partial charge is 0.480 e. The van der Waals surface area contributed by atoms with Gasteiger partial charge in [0.2, 0.25) is 0 Å². The van der Waals surface area contributed by atoms with Crippen LogP contribution in [-0.2, 0) is 16.1 Å². The summed E-state index contributed by atoms with van der Waals surface area (Å²) in [6.07, 6.45) is 1.80. The molecule has 2 rings (SSSR count). The zero-order chi connectivity index (χ0) is 16.8. The van der Waals surface area contributed by atoms with Crippen molar-refractivity contribution in [2.45, 2.75) is 45.8 Å². The predicted molar refractivity (Wildman–Crippen MR) is 86.9 cm³/mol. The fourth-order valence-electron chi connectivity index (χ4n) is 3.17. The summed E-state index contributed by atoms with van der Waals surface area (Å²) < 4.78 is 5.29. The molecule has 0 bridgehead atoms. The smallest absolute Gasteiger partial charge is 0.410 e. The van der Waals surface area contributed by atoms with Gasteiger partial charge in [-0.05, 0) is 36.7 Å². The lowest BCUT2D eigenvalue weighted by Gasteiger charge is -2.37. The van der Waals surface area contributed by atoms with Crippen molar-refractivity contribution in [3.05, 3.63) is 35.9 Å². The van der Waals surface area contributed by atoms with Crippen molar-refractivity contribution in [3.8, 4) is 0 Å². The molecule has 1 amide bonds. The van der Waals surface area contributed by atoms with Crippen LogP contribution in [0.15, 0.2) is 30.3 Å². The third-order valence-corrected chi connectivity index (χ3v) is 4.24. The topological polar surface area (TPSA) is 66.8 Å². The fourth-order valence-corrected chi connectivity index (χ4v) is 3.17. The van der Waals surface area contributed by atoms with Crippen LogP contribution in [0.1, 0.15) is 38.7 Å². The minimum atomic E-state index is -0.949. The second-order valence-electron chi connectivity index (χ2n) is 6.61. The fraction of sp³-hybridized carbons (Fsp3) is 0.556. The van der Waals surface area contributed by atoms with E-state index in [1.165, 1.54) is 4.90 Å². The number of carbonyl (C=O) groups excluding carboxylic acids is 1. The molecule has 1 heterocycles. The van der Waals surface area contributed by atoms with Gasteiger partial charge < -0.3 is 9.84 Å². The molecule has 1 N–H and O–H groups in total. The molecule has 1 aliphatic heterocycles. The van der Waals surface area contributed by atoms with Crippen LogP contribution >= 0.6 is 0 Å². The molecule has 1 aliphatic rings. The van der Waals surface area contributed by atoms with Crippen LogP contribution in [0.25, 0.3) is 0 Å². The Labute approximate surface area is 137 Å². The van der Waals surface area contributed by atoms with Gasteiger partial charge in [0, 0.05) is 6.54 Å². The van der Waals surface area contributed by atoms with Gasteiger partial charge in [0.25, 0.3) is 0 Å². The summed E-state index contributed by atoms with van der Waals surface area (Å²) in [6.45, 7) is 4.88. The Bertz CT molecular complexity index is 529. The van der Waals surface area contributed by atoms with Crippen molar-refractivity contribution in [3.63, 3.8) is 0 Å². The number of carboxylic acids is 1. The number of hydrogen-bond donors (Lipinski definition) is 1. The predicted octanol–water partition coefficient (Wildman–Crippen LogP) is 3.53. The molecule has 5 heteroatoms. The lowest BCUT2D eigenvalue weighted by atomic mass is 9.85. The molecule has 0 radical (unpaired) electrons. The number of benzene rings is 1. The Morgan fingerprint density at radius 1 is 1.30 bits per heavy atom. The maximum Gasteiger partial charge on any atom is 0.410 e. The van der Waals surface area contributed by atoms with Gasteiger partial charge in [0.05, 0.1) is 0 Å². The maximum absolute atomic E-state index is 12.3. The van der Waals surface area contributed by atoms with Gasteiger partial charge in [-0.2, -0.15) is 0 Å². The summed E-state index contributed by atoms with van der Waals surface area (Å²) >= 11 is 0. The standard InChI is InChI=1S/C18H25NO4/c1-13(2)10-15-8-9-19(16(11-15)17(20)21)18(22)23-12-14-6-4-3-5-7-14/h3-7,13,15-16H,8-12H2,1-2H3,(H,20,21)/t15-,16+/m1/s1. The van der Waals surface area contributed by atoms with Gasteiger partial charge in [-0.25, -0.2) is 9.59 Å². The highest BCUT2D eigenvalue weighted by molar-refractivity contribution is 5.80. The van der Waals surface area contributed by atoms with E-state index >= 15 is 0 Å². The number of carboxylic acid groups (broad SMARTS) is 1. The van der Waals surface area contributed by atoms with E-state index in [-0.39, 0.29) is 6.61 Å². The zero-order valence-electron chi connectivity index (χ0n) is 13.8. The number of aliphatic carboxylic acids is 1. The van der Waals surface area contributed by atoms with Gasteiger partial charge in [0.1, 0.15) is 12.6 Å². The van der Waals surface area contributed by atoms with Gasteiger partial charge in [0.15, 0.2) is 0 Å². The average Bonchev–Trinajstić information content (AvgIpc) is 2.53. The lowest BCUT2D eigenvalue weighted by Crippen LogP contribution is -2.50. The molecule has 5 nitrogen and oxygen atoms in total. The van der Waals surface area contributed by atoms with Crippen molar-refractivity contribution < 1.29 is 19.4 Å². The van der Waals surface area contributed by atoms with Crippen molar-refractivity contribution in [1.82, 2.24) is 4.90 Å². The number of rotatable bonds is 5. The van der Waals surface area contributed by atoms with Crippen LogP contribution in [0, 0.1) is 11.8 Å². The van der Waals surface area contributed by atoms with Crippen molar-refractivity contribution in [2.24, 2.45) is 11.8 Å². The van der Waals surface area contributed by atoms with Crippen LogP contribution in [-0.4, -0.2) is 34.7 Å². The summed E-state index contributed by atoms with van der Waals surface area (Å²) in [5.41, 5.74) is 0.891. The van der Waals surface area contributed by atoms with E-state index in [1.807, 2.05) is 30.3 Å². The monoisotopic (exact) mass is 319 g/mol. The SMILES string of the molecule is CC(C)C[C@H]1CCN(C(=O)OCc2ccccc2)[C@H](C(=O)O)C1. The van der Waals surface area contributed by atoms with Crippen LogP contribution in [0.4, 0.5) is 4.79 Å². The highest BCUT2D eigenvalue weighted by Crippen LogP contribution is 2.29. The van der Waals surface area contributed by atoms with Crippen molar-refractivity contribution in [1.29, 1.82) is 0 Å². The van der Waals surface area contributed by atoms with E-state index in [1.54, 1.807) is 0 Å². The van der Waals surface area contributed by atoms with Crippen LogP contribution in [0.3, 0.4) is 0 Å². The molecule has 0 saturated carbocycles. The quantitative estimate of drug-likeness (QED) is 0.901. The number of piperidine rings is 1. The molecule has 1 fully saturated rings. The number of likely N-dealkylation sites (tertiary alicyclic amines) is 1. The number of hydrogen-bond acceptors (Lipinski definition) is 3. The third kappa shape index (κ3) is 4.98. The third-order valence-electron chi connectivity index (χ3n) is 4.24. The first-order valence-electron chi connectivity index (χ1n) is 8.17. The molecule has 0 aliphatic carbocycles. The minimum Gasteiger partial charge on any atom is -0.480 e. The normalized spacial score (nSPS) is 21.3. The molecule has 0 spiro atoms. The highest BCUT2D eigenvalue weighted by atomic mass is 16.6. The molecule has 2 atom stereocenters.